The quantitative estimate of drug-likeness (QED) is 0.115. The van der Waals surface area contributed by atoms with E-state index in [1.54, 1.807) is 32.0 Å². The van der Waals surface area contributed by atoms with Crippen molar-refractivity contribution < 1.29 is 32.9 Å². The Labute approximate surface area is 205 Å². The minimum absolute atomic E-state index is 0.0124. The smallest absolute Gasteiger partial charge is 0.332 e. The van der Waals surface area contributed by atoms with E-state index in [4.69, 9.17) is 13.8 Å². The van der Waals surface area contributed by atoms with Crippen molar-refractivity contribution in [3.63, 3.8) is 0 Å². The zero-order valence-electron chi connectivity index (χ0n) is 19.7. The molecule has 0 unspecified atom stereocenters. The molecular weight excluding hydrogens is 493 g/mol. The highest BCUT2D eigenvalue weighted by Gasteiger charge is 2.34. The monoisotopic (exact) mass is 517 g/mol. The Hall–Kier alpha value is -3.51. The van der Waals surface area contributed by atoms with Crippen molar-refractivity contribution in [2.45, 2.75) is 27.1 Å². The number of rotatable bonds is 12. The summed E-state index contributed by atoms with van der Waals surface area (Å²) < 4.78 is 29.7. The second kappa shape index (κ2) is 10.6. The molecule has 0 fully saturated rings. The van der Waals surface area contributed by atoms with Crippen molar-refractivity contribution in [2.75, 3.05) is 26.0 Å². The first kappa shape index (κ1) is 25.6. The zero-order chi connectivity index (χ0) is 25.9. The second-order valence-electron chi connectivity index (χ2n) is 7.81. The fourth-order valence-corrected chi connectivity index (χ4v) is 5.39. The number of nitro groups is 1. The van der Waals surface area contributed by atoms with Gasteiger partial charge >= 0.3 is 7.60 Å². The molecule has 2 amide bonds. The van der Waals surface area contributed by atoms with Crippen LogP contribution in [-0.4, -0.2) is 62.6 Å². The summed E-state index contributed by atoms with van der Waals surface area (Å²) in [5.74, 6) is -1.18. The standard InChI is InChI=1S/C22H24N5O8P/c1-3-34-36(32,35-4-2)9-8-33-14-25-12-16(23-24-25)13-26-21(28)18-7-5-6-15-10-17(27(30)31)11-19(20(15)18)22(26)29/h5-7,10-12H,3-4,8-9,13-14H2,1-2H3. The first-order chi connectivity index (χ1) is 17.3. The number of aromatic nitrogens is 3. The molecule has 13 nitrogen and oxygen atoms in total. The van der Waals surface area contributed by atoms with Crippen LogP contribution in [0.4, 0.5) is 5.69 Å². The molecule has 0 N–H and O–H groups in total. The Balaban J connectivity index is 1.45. The van der Waals surface area contributed by atoms with Gasteiger partial charge in [-0.3, -0.25) is 29.2 Å². The maximum absolute atomic E-state index is 13.2. The van der Waals surface area contributed by atoms with E-state index in [1.807, 2.05) is 0 Å². The predicted molar refractivity (Wildman–Crippen MR) is 127 cm³/mol. The maximum Gasteiger partial charge on any atom is 0.332 e. The summed E-state index contributed by atoms with van der Waals surface area (Å²) in [7, 11) is -3.22. The molecule has 36 heavy (non-hydrogen) atoms. The van der Waals surface area contributed by atoms with Crippen LogP contribution in [0.2, 0.25) is 0 Å². The van der Waals surface area contributed by atoms with Gasteiger partial charge in [0.1, 0.15) is 12.4 Å². The SMILES string of the molecule is CCOP(=O)(CCOCn1cc(CN2C(=O)c3cccc4cc([N+](=O)[O-])cc(c34)C2=O)nn1)OCC. The average molecular weight is 517 g/mol. The van der Waals surface area contributed by atoms with Crippen LogP contribution in [-0.2, 0) is 31.6 Å². The summed E-state index contributed by atoms with van der Waals surface area (Å²) in [6.07, 6.45) is 1.58. The summed E-state index contributed by atoms with van der Waals surface area (Å²) in [5, 5.41) is 20.1. The number of benzene rings is 2. The lowest BCUT2D eigenvalue weighted by Gasteiger charge is -2.26. The van der Waals surface area contributed by atoms with Crippen molar-refractivity contribution in [3.8, 4) is 0 Å². The molecular formula is C22H24N5O8P. The van der Waals surface area contributed by atoms with Gasteiger partial charge in [-0.1, -0.05) is 17.3 Å². The number of non-ortho nitro benzene ring substituents is 1. The molecule has 1 aliphatic heterocycles. The Kier molecular flexibility index (Phi) is 7.55. The number of nitrogens with zero attached hydrogens (tertiary/aromatic N) is 5. The van der Waals surface area contributed by atoms with E-state index in [0.717, 1.165) is 4.90 Å². The number of hydrogen-bond acceptors (Lipinski definition) is 10. The number of nitro benzene ring substituents is 1. The van der Waals surface area contributed by atoms with E-state index in [9.17, 15) is 24.3 Å². The van der Waals surface area contributed by atoms with Gasteiger partial charge in [-0.15, -0.1) is 5.10 Å². The van der Waals surface area contributed by atoms with Crippen molar-refractivity contribution >= 4 is 35.9 Å². The van der Waals surface area contributed by atoms with Crippen LogP contribution in [0.5, 0.6) is 0 Å². The molecule has 0 bridgehead atoms. The lowest BCUT2D eigenvalue weighted by Crippen LogP contribution is -2.39. The Morgan fingerprint density at radius 3 is 2.50 bits per heavy atom. The van der Waals surface area contributed by atoms with Crippen molar-refractivity contribution in [3.05, 3.63) is 63.5 Å². The third-order valence-electron chi connectivity index (χ3n) is 5.41. The molecule has 0 saturated carbocycles. The van der Waals surface area contributed by atoms with Gasteiger partial charge in [-0.2, -0.15) is 0 Å². The van der Waals surface area contributed by atoms with Crippen LogP contribution in [0.1, 0.15) is 40.3 Å². The summed E-state index contributed by atoms with van der Waals surface area (Å²) in [5.41, 5.74) is 0.438. The van der Waals surface area contributed by atoms with E-state index in [-0.39, 0.29) is 56.1 Å². The first-order valence-corrected chi connectivity index (χ1v) is 12.9. The van der Waals surface area contributed by atoms with Gasteiger partial charge in [0.05, 0.1) is 49.2 Å². The molecule has 0 saturated heterocycles. The summed E-state index contributed by atoms with van der Waals surface area (Å²) in [6.45, 7) is 3.85. The van der Waals surface area contributed by atoms with Crippen molar-refractivity contribution in [1.29, 1.82) is 0 Å². The molecule has 4 rings (SSSR count). The fraction of sp³-hybridized carbons (Fsp3) is 0.364. The lowest BCUT2D eigenvalue weighted by molar-refractivity contribution is -0.384. The van der Waals surface area contributed by atoms with Gasteiger partial charge in [0.2, 0.25) is 0 Å². The Bertz CT molecular complexity index is 1360. The third kappa shape index (κ3) is 5.19. The number of hydrogen-bond donors (Lipinski definition) is 0. The Morgan fingerprint density at radius 2 is 1.81 bits per heavy atom. The molecule has 1 aromatic heterocycles. The van der Waals surface area contributed by atoms with Crippen LogP contribution in [0.25, 0.3) is 10.8 Å². The molecule has 190 valence electrons. The summed E-state index contributed by atoms with van der Waals surface area (Å²) in [4.78, 5) is 38.0. The van der Waals surface area contributed by atoms with Gasteiger partial charge in [0.25, 0.3) is 17.5 Å². The molecule has 14 heteroatoms. The third-order valence-corrected chi connectivity index (χ3v) is 7.45. The Morgan fingerprint density at radius 1 is 1.08 bits per heavy atom. The predicted octanol–water partition coefficient (Wildman–Crippen LogP) is 3.38. The normalized spacial score (nSPS) is 13.6. The van der Waals surface area contributed by atoms with E-state index >= 15 is 0 Å². The molecule has 0 aliphatic carbocycles. The molecule has 0 spiro atoms. The van der Waals surface area contributed by atoms with Gasteiger partial charge in [-0.05, 0) is 25.3 Å². The number of carbonyl (C=O) groups is 2. The van der Waals surface area contributed by atoms with Crippen LogP contribution in [0.3, 0.4) is 0 Å². The lowest BCUT2D eigenvalue weighted by atomic mass is 9.93. The highest BCUT2D eigenvalue weighted by molar-refractivity contribution is 7.53. The van der Waals surface area contributed by atoms with Gasteiger partial charge in [0.15, 0.2) is 0 Å². The largest absolute Gasteiger partial charge is 0.359 e. The summed E-state index contributed by atoms with van der Waals surface area (Å²) >= 11 is 0. The van der Waals surface area contributed by atoms with Crippen molar-refractivity contribution in [1.82, 2.24) is 19.9 Å². The molecule has 2 aromatic carbocycles. The van der Waals surface area contributed by atoms with Crippen LogP contribution >= 0.6 is 7.60 Å². The van der Waals surface area contributed by atoms with Crippen LogP contribution in [0, 0.1) is 10.1 Å². The summed E-state index contributed by atoms with van der Waals surface area (Å²) in [6, 6.07) is 7.33. The minimum atomic E-state index is -3.22. The number of amides is 2. The van der Waals surface area contributed by atoms with E-state index in [2.05, 4.69) is 10.3 Å². The van der Waals surface area contributed by atoms with E-state index in [0.29, 0.717) is 16.5 Å². The number of imide groups is 1. The number of ether oxygens (including phenoxy) is 1. The first-order valence-electron chi connectivity index (χ1n) is 11.2. The van der Waals surface area contributed by atoms with E-state index < -0.39 is 24.3 Å². The molecule has 2 heterocycles. The fourth-order valence-electron chi connectivity index (χ4n) is 3.92. The molecule has 0 radical (unpaired) electrons. The van der Waals surface area contributed by atoms with Crippen molar-refractivity contribution in [2.24, 2.45) is 0 Å². The van der Waals surface area contributed by atoms with Gasteiger partial charge < -0.3 is 13.8 Å². The van der Waals surface area contributed by atoms with Crippen LogP contribution < -0.4 is 0 Å². The topological polar surface area (TPSA) is 156 Å². The van der Waals surface area contributed by atoms with Gasteiger partial charge in [-0.25, -0.2) is 4.68 Å². The average Bonchev–Trinajstić information content (AvgIpc) is 3.30. The zero-order valence-corrected chi connectivity index (χ0v) is 20.6. The molecule has 0 atom stereocenters. The van der Waals surface area contributed by atoms with Crippen LogP contribution in [0.15, 0.2) is 36.5 Å². The highest BCUT2D eigenvalue weighted by atomic mass is 31.2. The second-order valence-corrected chi connectivity index (χ2v) is 9.99. The highest BCUT2D eigenvalue weighted by Crippen LogP contribution is 2.47. The molecule has 1 aliphatic rings. The number of carbonyl (C=O) groups excluding carboxylic acids is 2. The molecule has 3 aromatic rings. The maximum atomic E-state index is 13.2. The minimum Gasteiger partial charge on any atom is -0.359 e. The van der Waals surface area contributed by atoms with Gasteiger partial charge in [0, 0.05) is 23.1 Å². The van der Waals surface area contributed by atoms with E-state index in [1.165, 1.54) is 23.0 Å².